The van der Waals surface area contributed by atoms with Crippen LogP contribution in [0.25, 0.3) is 0 Å². The molecule has 1 aromatic rings. The van der Waals surface area contributed by atoms with E-state index >= 15 is 0 Å². The lowest BCUT2D eigenvalue weighted by molar-refractivity contribution is -0.0866. The summed E-state index contributed by atoms with van der Waals surface area (Å²) in [6.45, 7) is 1.46. The molecular weight excluding hydrogens is 218 g/mol. The van der Waals surface area contributed by atoms with Crippen LogP contribution in [0, 0.1) is 5.92 Å². The van der Waals surface area contributed by atoms with Gasteiger partial charge in [-0.25, -0.2) is 4.98 Å². The van der Waals surface area contributed by atoms with Crippen LogP contribution in [0.3, 0.4) is 0 Å². The van der Waals surface area contributed by atoms with Crippen molar-refractivity contribution in [2.24, 2.45) is 5.92 Å². The number of hydrogen-bond acceptors (Lipinski definition) is 4. The second-order valence-corrected chi connectivity index (χ2v) is 4.57. The molecule has 1 aromatic heterocycles. The maximum Gasteiger partial charge on any atom is 0.213 e. The van der Waals surface area contributed by atoms with Gasteiger partial charge in [-0.05, 0) is 24.8 Å². The monoisotopic (exact) mass is 235 g/mol. The van der Waals surface area contributed by atoms with Crippen LogP contribution >= 0.6 is 0 Å². The summed E-state index contributed by atoms with van der Waals surface area (Å²) in [6.07, 6.45) is 3.06. The lowest BCUT2D eigenvalue weighted by Gasteiger charge is -2.27. The Morgan fingerprint density at radius 1 is 1.29 bits per heavy atom. The zero-order valence-electron chi connectivity index (χ0n) is 10.0. The van der Waals surface area contributed by atoms with Crippen LogP contribution in [0.15, 0.2) is 12.1 Å². The number of ether oxygens (including phenoxy) is 3. The summed E-state index contributed by atoms with van der Waals surface area (Å²) in [5.41, 5.74) is 2.47. The molecule has 2 heterocycles. The normalized spacial score (nSPS) is 24.6. The first-order chi connectivity index (χ1) is 8.36. The van der Waals surface area contributed by atoms with Crippen molar-refractivity contribution in [3.63, 3.8) is 0 Å². The Hall–Kier alpha value is -1.13. The van der Waals surface area contributed by atoms with Gasteiger partial charge in [-0.2, -0.15) is 0 Å². The molecule has 1 saturated heterocycles. The third-order valence-corrected chi connectivity index (χ3v) is 3.52. The Labute approximate surface area is 101 Å². The number of hydrogen-bond donors (Lipinski definition) is 0. The Kier molecular flexibility index (Phi) is 2.99. The molecule has 3 rings (SSSR count). The number of nitrogens with zero attached hydrogens (tertiary/aromatic N) is 1. The van der Waals surface area contributed by atoms with Crippen molar-refractivity contribution < 1.29 is 14.2 Å². The van der Waals surface area contributed by atoms with E-state index in [2.05, 4.69) is 11.1 Å². The quantitative estimate of drug-likeness (QED) is 0.780. The highest BCUT2D eigenvalue weighted by atomic mass is 16.7. The molecule has 1 aliphatic heterocycles. The molecule has 1 fully saturated rings. The predicted octanol–water partition coefficient (Wildman–Crippen LogP) is 1.57. The summed E-state index contributed by atoms with van der Waals surface area (Å²) < 4.78 is 16.3. The fourth-order valence-electron chi connectivity index (χ4n) is 2.61. The molecule has 0 radical (unpaired) electrons. The van der Waals surface area contributed by atoms with E-state index in [1.54, 1.807) is 7.11 Å². The number of aromatic nitrogens is 1. The molecule has 4 nitrogen and oxygen atoms in total. The van der Waals surface area contributed by atoms with Gasteiger partial charge in [-0.15, -0.1) is 0 Å². The van der Waals surface area contributed by atoms with Gasteiger partial charge in [-0.3, -0.25) is 0 Å². The van der Waals surface area contributed by atoms with Gasteiger partial charge in [0.2, 0.25) is 5.88 Å². The highest BCUT2D eigenvalue weighted by Crippen LogP contribution is 2.30. The second kappa shape index (κ2) is 4.63. The number of pyridine rings is 1. The van der Waals surface area contributed by atoms with Gasteiger partial charge < -0.3 is 14.2 Å². The topological polar surface area (TPSA) is 40.6 Å². The van der Waals surface area contributed by atoms with E-state index < -0.39 is 0 Å². The van der Waals surface area contributed by atoms with E-state index in [4.69, 9.17) is 14.2 Å². The van der Waals surface area contributed by atoms with E-state index in [9.17, 15) is 0 Å². The minimum atomic E-state index is -0.00903. The van der Waals surface area contributed by atoms with Crippen molar-refractivity contribution in [1.29, 1.82) is 0 Å². The van der Waals surface area contributed by atoms with Crippen LogP contribution in [0.1, 0.15) is 17.7 Å². The third-order valence-electron chi connectivity index (χ3n) is 3.52. The standard InChI is InChI=1S/C13H17NO3/c1-15-12-5-3-9-8-10(2-4-11(9)14-12)13-16-6-7-17-13/h3,5,10,13H,2,4,6-8H2,1H3. The summed E-state index contributed by atoms with van der Waals surface area (Å²) in [4.78, 5) is 4.49. The van der Waals surface area contributed by atoms with Crippen LogP contribution < -0.4 is 4.74 Å². The van der Waals surface area contributed by atoms with Gasteiger partial charge in [0.25, 0.3) is 0 Å². The first-order valence-electron chi connectivity index (χ1n) is 6.13. The zero-order chi connectivity index (χ0) is 11.7. The highest BCUT2D eigenvalue weighted by Gasteiger charge is 2.30. The van der Waals surface area contributed by atoms with Crippen molar-refractivity contribution >= 4 is 0 Å². The summed E-state index contributed by atoms with van der Waals surface area (Å²) in [5, 5.41) is 0. The van der Waals surface area contributed by atoms with Gasteiger partial charge in [-0.1, -0.05) is 6.07 Å². The average Bonchev–Trinajstić information content (AvgIpc) is 2.91. The molecule has 1 atom stereocenters. The summed E-state index contributed by atoms with van der Waals surface area (Å²) in [5.74, 6) is 1.18. The molecule has 2 aliphatic rings. The fourth-order valence-corrected chi connectivity index (χ4v) is 2.61. The van der Waals surface area contributed by atoms with E-state index in [1.807, 2.05) is 6.07 Å². The van der Waals surface area contributed by atoms with Crippen molar-refractivity contribution in [1.82, 2.24) is 4.98 Å². The fraction of sp³-hybridized carbons (Fsp3) is 0.615. The first kappa shape index (κ1) is 11.0. The molecule has 0 bridgehead atoms. The SMILES string of the molecule is COc1ccc2c(n1)CCC(C1OCCO1)C2. The van der Waals surface area contributed by atoms with Crippen molar-refractivity contribution in [3.05, 3.63) is 23.4 Å². The lowest BCUT2D eigenvalue weighted by Crippen LogP contribution is -2.28. The van der Waals surface area contributed by atoms with E-state index in [0.29, 0.717) is 11.8 Å². The van der Waals surface area contributed by atoms with Crippen LogP contribution in [-0.4, -0.2) is 31.6 Å². The Morgan fingerprint density at radius 2 is 2.12 bits per heavy atom. The van der Waals surface area contributed by atoms with Crippen LogP contribution in [0.4, 0.5) is 0 Å². The van der Waals surface area contributed by atoms with E-state index in [0.717, 1.165) is 32.5 Å². The molecule has 1 unspecified atom stereocenters. The molecule has 0 N–H and O–H groups in total. The van der Waals surface area contributed by atoms with Gasteiger partial charge in [0.05, 0.1) is 20.3 Å². The molecule has 0 amide bonds. The van der Waals surface area contributed by atoms with Crippen molar-refractivity contribution in [2.45, 2.75) is 25.6 Å². The maximum absolute atomic E-state index is 5.59. The van der Waals surface area contributed by atoms with Gasteiger partial charge in [0, 0.05) is 17.7 Å². The van der Waals surface area contributed by atoms with Crippen LogP contribution in [-0.2, 0) is 22.3 Å². The molecule has 17 heavy (non-hydrogen) atoms. The average molecular weight is 235 g/mol. The van der Waals surface area contributed by atoms with Crippen molar-refractivity contribution in [3.8, 4) is 5.88 Å². The van der Waals surface area contributed by atoms with Crippen molar-refractivity contribution in [2.75, 3.05) is 20.3 Å². The van der Waals surface area contributed by atoms with Gasteiger partial charge in [0.15, 0.2) is 6.29 Å². The molecular formula is C13H17NO3. The van der Waals surface area contributed by atoms with E-state index in [-0.39, 0.29) is 6.29 Å². The Bertz CT molecular complexity index is 402. The molecule has 4 heteroatoms. The van der Waals surface area contributed by atoms with Crippen LogP contribution in [0.2, 0.25) is 0 Å². The minimum Gasteiger partial charge on any atom is -0.481 e. The molecule has 0 aromatic carbocycles. The zero-order valence-corrected chi connectivity index (χ0v) is 10.0. The molecule has 0 spiro atoms. The molecule has 1 aliphatic carbocycles. The highest BCUT2D eigenvalue weighted by molar-refractivity contribution is 5.28. The van der Waals surface area contributed by atoms with Gasteiger partial charge >= 0.3 is 0 Å². The lowest BCUT2D eigenvalue weighted by atomic mass is 9.86. The Balaban J connectivity index is 1.76. The van der Waals surface area contributed by atoms with E-state index in [1.165, 1.54) is 11.3 Å². The summed E-state index contributed by atoms with van der Waals surface area (Å²) in [7, 11) is 1.65. The largest absolute Gasteiger partial charge is 0.481 e. The molecule has 0 saturated carbocycles. The van der Waals surface area contributed by atoms with Crippen LogP contribution in [0.5, 0.6) is 5.88 Å². The first-order valence-corrected chi connectivity index (χ1v) is 6.13. The molecule has 92 valence electrons. The number of fused-ring (bicyclic) bond motifs is 1. The summed E-state index contributed by atoms with van der Waals surface area (Å²) >= 11 is 0. The number of rotatable bonds is 2. The maximum atomic E-state index is 5.59. The third kappa shape index (κ3) is 2.15. The Morgan fingerprint density at radius 3 is 2.88 bits per heavy atom. The minimum absolute atomic E-state index is 0.00903. The second-order valence-electron chi connectivity index (χ2n) is 4.57. The summed E-state index contributed by atoms with van der Waals surface area (Å²) in [6, 6.07) is 4.04. The number of aryl methyl sites for hydroxylation is 1. The number of methoxy groups -OCH3 is 1. The smallest absolute Gasteiger partial charge is 0.213 e. The predicted molar refractivity (Wildman–Crippen MR) is 62.0 cm³/mol. The van der Waals surface area contributed by atoms with Gasteiger partial charge in [0.1, 0.15) is 0 Å².